The van der Waals surface area contributed by atoms with Crippen LogP contribution >= 0.6 is 0 Å². The number of hydrogen-bond donors (Lipinski definition) is 1. The molecule has 1 fully saturated rings. The molecule has 1 saturated heterocycles. The molecule has 126 valence electrons. The molecule has 1 aliphatic heterocycles. The third-order valence-corrected chi connectivity index (χ3v) is 6.09. The van der Waals surface area contributed by atoms with E-state index in [9.17, 15) is 8.42 Å². The van der Waals surface area contributed by atoms with Crippen molar-refractivity contribution in [2.24, 2.45) is 5.92 Å². The fourth-order valence-corrected chi connectivity index (χ4v) is 4.20. The van der Waals surface area contributed by atoms with Crippen molar-refractivity contribution in [1.29, 1.82) is 0 Å². The van der Waals surface area contributed by atoms with Crippen LogP contribution in [0.25, 0.3) is 0 Å². The van der Waals surface area contributed by atoms with Crippen molar-refractivity contribution >= 4 is 10.2 Å². The minimum Gasteiger partial charge on any atom is -0.313 e. The van der Waals surface area contributed by atoms with Crippen molar-refractivity contribution < 1.29 is 8.42 Å². The maximum atomic E-state index is 12.8. The van der Waals surface area contributed by atoms with Crippen molar-refractivity contribution in [2.75, 3.05) is 26.7 Å². The minimum atomic E-state index is -3.33. The van der Waals surface area contributed by atoms with Gasteiger partial charge in [0.1, 0.15) is 0 Å². The molecule has 1 N–H and O–H groups in total. The number of piperidine rings is 1. The van der Waals surface area contributed by atoms with Crippen molar-refractivity contribution in [1.82, 2.24) is 13.9 Å². The molecule has 6 heteroatoms. The molecule has 0 bridgehead atoms. The van der Waals surface area contributed by atoms with Gasteiger partial charge in [-0.15, -0.1) is 0 Å². The zero-order valence-electron chi connectivity index (χ0n) is 14.3. The summed E-state index contributed by atoms with van der Waals surface area (Å²) in [4.78, 5) is 0. The quantitative estimate of drug-likeness (QED) is 0.745. The van der Waals surface area contributed by atoms with Gasteiger partial charge in [-0.1, -0.05) is 34.1 Å². The van der Waals surface area contributed by atoms with E-state index in [4.69, 9.17) is 0 Å². The van der Waals surface area contributed by atoms with E-state index in [0.29, 0.717) is 25.0 Å². The Morgan fingerprint density at radius 1 is 1.24 bits per heavy atom. The zero-order valence-corrected chi connectivity index (χ0v) is 15.1. The Balaban J connectivity index is 2.72. The predicted molar refractivity (Wildman–Crippen MR) is 88.5 cm³/mol. The highest BCUT2D eigenvalue weighted by Crippen LogP contribution is 2.22. The number of nitrogens with zero attached hydrogens (tertiary/aromatic N) is 2. The molecular formula is C15H33N3O2S. The van der Waals surface area contributed by atoms with E-state index in [-0.39, 0.29) is 6.04 Å². The highest BCUT2D eigenvalue weighted by atomic mass is 32.2. The molecule has 0 radical (unpaired) electrons. The molecule has 1 aliphatic rings. The van der Waals surface area contributed by atoms with Gasteiger partial charge in [0.25, 0.3) is 10.2 Å². The average molecular weight is 320 g/mol. The van der Waals surface area contributed by atoms with Crippen LogP contribution in [-0.4, -0.2) is 55.8 Å². The highest BCUT2D eigenvalue weighted by molar-refractivity contribution is 7.86. The first kappa shape index (κ1) is 18.9. The van der Waals surface area contributed by atoms with E-state index in [1.54, 1.807) is 11.4 Å². The molecule has 21 heavy (non-hydrogen) atoms. The summed E-state index contributed by atoms with van der Waals surface area (Å²) in [5.74, 6) is 0.516. The summed E-state index contributed by atoms with van der Waals surface area (Å²) in [5.41, 5.74) is 0. The van der Waals surface area contributed by atoms with Gasteiger partial charge in [-0.25, -0.2) is 0 Å². The second-order valence-corrected chi connectivity index (χ2v) is 8.82. The number of nitrogens with one attached hydrogen (secondary N) is 1. The molecule has 0 aromatic carbocycles. The van der Waals surface area contributed by atoms with Crippen LogP contribution < -0.4 is 5.32 Å². The molecule has 0 spiro atoms. The van der Waals surface area contributed by atoms with E-state index in [0.717, 1.165) is 32.2 Å². The van der Waals surface area contributed by atoms with Crippen molar-refractivity contribution in [3.05, 3.63) is 0 Å². The Morgan fingerprint density at radius 2 is 1.90 bits per heavy atom. The van der Waals surface area contributed by atoms with Crippen LogP contribution in [0, 0.1) is 5.92 Å². The fourth-order valence-electron chi connectivity index (χ4n) is 2.59. The standard InChI is InChI=1S/C15H33N3O2S/c1-13(2)9-11-17(5)21(19,20)18-10-7-6-8-15(18)12-16-14(3)4/h13-16H,6-12H2,1-5H3. The first-order valence-corrected chi connectivity index (χ1v) is 9.61. The summed E-state index contributed by atoms with van der Waals surface area (Å²) < 4.78 is 28.8. The Hall–Kier alpha value is -0.170. The van der Waals surface area contributed by atoms with Gasteiger partial charge in [0.2, 0.25) is 0 Å². The number of rotatable bonds is 8. The lowest BCUT2D eigenvalue weighted by Gasteiger charge is -2.37. The summed E-state index contributed by atoms with van der Waals surface area (Å²) in [6.45, 7) is 10.4. The SMILES string of the molecule is CC(C)CCN(C)S(=O)(=O)N1CCCCC1CNC(C)C. The highest BCUT2D eigenvalue weighted by Gasteiger charge is 2.34. The third kappa shape index (κ3) is 5.85. The van der Waals surface area contributed by atoms with Gasteiger partial charge in [-0.2, -0.15) is 17.0 Å². The second kappa shape index (κ2) is 8.46. The Bertz CT molecular complexity index is 396. The average Bonchev–Trinajstić information content (AvgIpc) is 2.42. The molecule has 0 saturated carbocycles. The Kier molecular flexibility index (Phi) is 7.60. The summed E-state index contributed by atoms with van der Waals surface area (Å²) >= 11 is 0. The van der Waals surface area contributed by atoms with Gasteiger partial charge in [0, 0.05) is 38.8 Å². The van der Waals surface area contributed by atoms with Gasteiger partial charge < -0.3 is 5.32 Å². The maximum Gasteiger partial charge on any atom is 0.282 e. The molecule has 1 unspecified atom stereocenters. The molecule has 1 rings (SSSR count). The topological polar surface area (TPSA) is 52.7 Å². The summed E-state index contributed by atoms with van der Waals surface area (Å²) in [6.07, 6.45) is 3.94. The molecule has 0 amide bonds. The molecule has 1 atom stereocenters. The van der Waals surface area contributed by atoms with Crippen LogP contribution in [0.3, 0.4) is 0 Å². The van der Waals surface area contributed by atoms with E-state index >= 15 is 0 Å². The van der Waals surface area contributed by atoms with Gasteiger partial charge in [0.05, 0.1) is 0 Å². The van der Waals surface area contributed by atoms with Crippen LogP contribution in [0.4, 0.5) is 0 Å². The van der Waals surface area contributed by atoms with Gasteiger partial charge in [-0.3, -0.25) is 0 Å². The first-order chi connectivity index (χ1) is 9.75. The molecule has 0 aromatic rings. The molecule has 5 nitrogen and oxygen atoms in total. The first-order valence-electron chi connectivity index (χ1n) is 8.21. The van der Waals surface area contributed by atoms with E-state index in [1.165, 1.54) is 4.31 Å². The van der Waals surface area contributed by atoms with Gasteiger partial charge in [0.15, 0.2) is 0 Å². The summed E-state index contributed by atoms with van der Waals surface area (Å²) in [7, 11) is -1.62. The van der Waals surface area contributed by atoms with Crippen LogP contribution in [0.5, 0.6) is 0 Å². The van der Waals surface area contributed by atoms with Gasteiger partial charge in [-0.05, 0) is 25.2 Å². The second-order valence-electron chi connectivity index (χ2n) is 6.84. The smallest absolute Gasteiger partial charge is 0.282 e. The normalized spacial score (nSPS) is 21.6. The largest absolute Gasteiger partial charge is 0.313 e. The van der Waals surface area contributed by atoms with Crippen molar-refractivity contribution in [3.8, 4) is 0 Å². The van der Waals surface area contributed by atoms with Crippen LogP contribution in [0.15, 0.2) is 0 Å². The Morgan fingerprint density at radius 3 is 2.48 bits per heavy atom. The maximum absolute atomic E-state index is 12.8. The Labute approximate surface area is 131 Å². The molecular weight excluding hydrogens is 286 g/mol. The lowest BCUT2D eigenvalue weighted by atomic mass is 10.0. The van der Waals surface area contributed by atoms with Gasteiger partial charge >= 0.3 is 0 Å². The van der Waals surface area contributed by atoms with Crippen LogP contribution in [0.1, 0.15) is 53.4 Å². The predicted octanol–water partition coefficient (Wildman–Crippen LogP) is 2.06. The summed E-state index contributed by atoms with van der Waals surface area (Å²) in [6, 6.07) is 0.475. The lowest BCUT2D eigenvalue weighted by Crippen LogP contribution is -2.53. The fraction of sp³-hybridized carbons (Fsp3) is 1.00. The van der Waals surface area contributed by atoms with E-state index in [1.807, 2.05) is 0 Å². The van der Waals surface area contributed by atoms with E-state index in [2.05, 4.69) is 33.0 Å². The lowest BCUT2D eigenvalue weighted by molar-refractivity contribution is 0.226. The summed E-state index contributed by atoms with van der Waals surface area (Å²) in [5, 5.41) is 3.38. The van der Waals surface area contributed by atoms with Crippen LogP contribution in [0.2, 0.25) is 0 Å². The monoisotopic (exact) mass is 319 g/mol. The number of hydrogen-bond acceptors (Lipinski definition) is 3. The zero-order chi connectivity index (χ0) is 16.0. The van der Waals surface area contributed by atoms with E-state index < -0.39 is 10.2 Å². The van der Waals surface area contributed by atoms with Crippen molar-refractivity contribution in [2.45, 2.75) is 65.5 Å². The minimum absolute atomic E-state index is 0.0904. The van der Waals surface area contributed by atoms with Crippen molar-refractivity contribution in [3.63, 3.8) is 0 Å². The molecule has 1 heterocycles. The molecule has 0 aromatic heterocycles. The van der Waals surface area contributed by atoms with Crippen LogP contribution in [-0.2, 0) is 10.2 Å². The molecule has 0 aliphatic carbocycles. The third-order valence-electron chi connectivity index (χ3n) is 4.05.